The SMILES string of the molecule is CCOc1ccccc1NC(=O)N(CC(=O)O)C(C)(C)C. The molecule has 1 aromatic carbocycles. The van der Waals surface area contributed by atoms with Gasteiger partial charge in [-0.05, 0) is 39.8 Å². The average molecular weight is 294 g/mol. The summed E-state index contributed by atoms with van der Waals surface area (Å²) >= 11 is 0. The number of para-hydroxylation sites is 2. The number of nitrogens with zero attached hydrogens (tertiary/aromatic N) is 1. The molecular weight excluding hydrogens is 272 g/mol. The molecule has 6 nitrogen and oxygen atoms in total. The van der Waals surface area contributed by atoms with Crippen molar-refractivity contribution in [2.75, 3.05) is 18.5 Å². The number of amides is 2. The summed E-state index contributed by atoms with van der Waals surface area (Å²) in [5.74, 6) is -0.504. The molecule has 0 unspecified atom stereocenters. The van der Waals surface area contributed by atoms with E-state index in [1.165, 1.54) is 4.90 Å². The molecule has 0 fully saturated rings. The van der Waals surface area contributed by atoms with Gasteiger partial charge in [0, 0.05) is 5.54 Å². The van der Waals surface area contributed by atoms with Crippen molar-refractivity contribution < 1.29 is 19.4 Å². The van der Waals surface area contributed by atoms with Crippen molar-refractivity contribution in [3.8, 4) is 5.75 Å². The molecule has 1 rings (SSSR count). The molecule has 0 spiro atoms. The zero-order valence-electron chi connectivity index (χ0n) is 12.8. The fraction of sp³-hybridized carbons (Fsp3) is 0.467. The molecule has 2 N–H and O–H groups in total. The summed E-state index contributed by atoms with van der Waals surface area (Å²) in [6.07, 6.45) is 0. The summed E-state index contributed by atoms with van der Waals surface area (Å²) < 4.78 is 5.43. The van der Waals surface area contributed by atoms with E-state index in [0.717, 1.165) is 0 Å². The molecule has 116 valence electrons. The highest BCUT2D eigenvalue weighted by atomic mass is 16.5. The average Bonchev–Trinajstić information content (AvgIpc) is 2.37. The molecule has 0 radical (unpaired) electrons. The van der Waals surface area contributed by atoms with Gasteiger partial charge in [0.25, 0.3) is 0 Å². The van der Waals surface area contributed by atoms with E-state index in [1.54, 1.807) is 45.0 Å². The molecular formula is C15H22N2O4. The molecule has 1 aromatic rings. The van der Waals surface area contributed by atoms with Crippen molar-refractivity contribution in [2.45, 2.75) is 33.2 Å². The lowest BCUT2D eigenvalue weighted by Gasteiger charge is -2.34. The highest BCUT2D eigenvalue weighted by molar-refractivity contribution is 5.93. The molecule has 6 heteroatoms. The van der Waals surface area contributed by atoms with Crippen molar-refractivity contribution in [2.24, 2.45) is 0 Å². The molecule has 0 aromatic heterocycles. The Morgan fingerprint density at radius 2 is 1.90 bits per heavy atom. The standard InChI is InChI=1S/C15H22N2O4/c1-5-21-12-9-7-6-8-11(12)16-14(20)17(10-13(18)19)15(2,3)4/h6-9H,5,10H2,1-4H3,(H,16,20)(H,18,19). The zero-order valence-corrected chi connectivity index (χ0v) is 12.8. The Balaban J connectivity index is 2.94. The smallest absolute Gasteiger partial charge is 0.323 e. The van der Waals surface area contributed by atoms with Gasteiger partial charge in [-0.1, -0.05) is 12.1 Å². The van der Waals surface area contributed by atoms with Crippen LogP contribution >= 0.6 is 0 Å². The Labute approximate surface area is 124 Å². The van der Waals surface area contributed by atoms with Crippen LogP contribution < -0.4 is 10.1 Å². The second kappa shape index (κ2) is 6.97. The van der Waals surface area contributed by atoms with Crippen LogP contribution in [0, 0.1) is 0 Å². The van der Waals surface area contributed by atoms with Gasteiger partial charge in [0.1, 0.15) is 12.3 Å². The van der Waals surface area contributed by atoms with E-state index in [2.05, 4.69) is 5.32 Å². The van der Waals surface area contributed by atoms with Crippen LogP contribution in [0.3, 0.4) is 0 Å². The lowest BCUT2D eigenvalue weighted by molar-refractivity contribution is -0.138. The van der Waals surface area contributed by atoms with Gasteiger partial charge in [-0.15, -0.1) is 0 Å². The number of aliphatic carboxylic acids is 1. The molecule has 0 aliphatic rings. The summed E-state index contributed by atoms with van der Waals surface area (Å²) in [5.41, 5.74) is -0.0905. The Kier molecular flexibility index (Phi) is 5.58. The molecule has 2 amide bonds. The van der Waals surface area contributed by atoms with Crippen molar-refractivity contribution in [3.05, 3.63) is 24.3 Å². The Hall–Kier alpha value is -2.24. The van der Waals surface area contributed by atoms with Crippen molar-refractivity contribution in [1.29, 1.82) is 0 Å². The van der Waals surface area contributed by atoms with Crippen LogP contribution in [0.15, 0.2) is 24.3 Å². The summed E-state index contributed by atoms with van der Waals surface area (Å²) in [5, 5.41) is 11.7. The number of benzene rings is 1. The highest BCUT2D eigenvalue weighted by Crippen LogP contribution is 2.25. The van der Waals surface area contributed by atoms with Gasteiger partial charge in [0.2, 0.25) is 0 Å². The van der Waals surface area contributed by atoms with Crippen LogP contribution in [0.4, 0.5) is 10.5 Å². The van der Waals surface area contributed by atoms with E-state index in [9.17, 15) is 9.59 Å². The first-order chi connectivity index (χ1) is 9.75. The normalized spacial score (nSPS) is 10.9. The van der Waals surface area contributed by atoms with Gasteiger partial charge >= 0.3 is 12.0 Å². The summed E-state index contributed by atoms with van der Waals surface area (Å²) in [7, 11) is 0. The number of anilines is 1. The molecule has 0 atom stereocenters. The molecule has 0 saturated carbocycles. The molecule has 0 aliphatic carbocycles. The van der Waals surface area contributed by atoms with Gasteiger partial charge in [0.15, 0.2) is 0 Å². The largest absolute Gasteiger partial charge is 0.492 e. The Morgan fingerprint density at radius 1 is 1.29 bits per heavy atom. The minimum absolute atomic E-state index is 0.369. The van der Waals surface area contributed by atoms with Gasteiger partial charge in [-0.25, -0.2) is 4.79 Å². The first-order valence-electron chi connectivity index (χ1n) is 6.78. The van der Waals surface area contributed by atoms with Gasteiger partial charge in [-0.2, -0.15) is 0 Å². The highest BCUT2D eigenvalue weighted by Gasteiger charge is 2.28. The maximum absolute atomic E-state index is 12.3. The van der Waals surface area contributed by atoms with Gasteiger partial charge < -0.3 is 20.1 Å². The fourth-order valence-electron chi connectivity index (χ4n) is 1.78. The van der Waals surface area contributed by atoms with E-state index in [4.69, 9.17) is 9.84 Å². The van der Waals surface area contributed by atoms with Crippen LogP contribution in [0.1, 0.15) is 27.7 Å². The van der Waals surface area contributed by atoms with Crippen molar-refractivity contribution in [1.82, 2.24) is 4.90 Å². The number of nitrogens with one attached hydrogen (secondary N) is 1. The van der Waals surface area contributed by atoms with Crippen LogP contribution in [0.2, 0.25) is 0 Å². The predicted molar refractivity (Wildman–Crippen MR) is 80.7 cm³/mol. The topological polar surface area (TPSA) is 78.9 Å². The zero-order chi connectivity index (χ0) is 16.0. The maximum atomic E-state index is 12.3. The lowest BCUT2D eigenvalue weighted by Crippen LogP contribution is -2.50. The van der Waals surface area contributed by atoms with Gasteiger partial charge in [0.05, 0.1) is 12.3 Å². The van der Waals surface area contributed by atoms with Crippen LogP contribution in [-0.2, 0) is 4.79 Å². The number of carboxylic acid groups (broad SMARTS) is 1. The van der Waals surface area contributed by atoms with Crippen LogP contribution in [-0.4, -0.2) is 40.7 Å². The summed E-state index contributed by atoms with van der Waals surface area (Å²) in [4.78, 5) is 24.5. The number of carbonyl (C=O) groups is 2. The number of ether oxygens (including phenoxy) is 1. The van der Waals surface area contributed by atoms with Crippen molar-refractivity contribution >= 4 is 17.7 Å². The second-order valence-corrected chi connectivity index (χ2v) is 5.51. The Bertz CT molecular complexity index is 509. The molecule has 0 aliphatic heterocycles. The third-order valence-corrected chi connectivity index (χ3v) is 2.78. The van der Waals surface area contributed by atoms with Gasteiger partial charge in [-0.3, -0.25) is 4.79 Å². The van der Waals surface area contributed by atoms with E-state index >= 15 is 0 Å². The monoisotopic (exact) mass is 294 g/mol. The molecule has 0 heterocycles. The number of carboxylic acids is 1. The van der Waals surface area contributed by atoms with Crippen LogP contribution in [0.5, 0.6) is 5.75 Å². The Morgan fingerprint density at radius 3 is 2.43 bits per heavy atom. The minimum Gasteiger partial charge on any atom is -0.492 e. The summed E-state index contributed by atoms with van der Waals surface area (Å²) in [6.45, 7) is 7.31. The third-order valence-electron chi connectivity index (χ3n) is 2.78. The maximum Gasteiger partial charge on any atom is 0.323 e. The van der Waals surface area contributed by atoms with E-state index in [-0.39, 0.29) is 6.54 Å². The first kappa shape index (κ1) is 16.8. The number of hydrogen-bond acceptors (Lipinski definition) is 3. The predicted octanol–water partition coefficient (Wildman–Crippen LogP) is 2.80. The number of hydrogen-bond donors (Lipinski definition) is 2. The molecule has 0 bridgehead atoms. The van der Waals surface area contributed by atoms with E-state index in [1.807, 2.05) is 6.92 Å². The lowest BCUT2D eigenvalue weighted by atomic mass is 10.1. The van der Waals surface area contributed by atoms with E-state index < -0.39 is 17.5 Å². The second-order valence-electron chi connectivity index (χ2n) is 5.51. The molecule has 0 saturated heterocycles. The van der Waals surface area contributed by atoms with Crippen LogP contribution in [0.25, 0.3) is 0 Å². The third kappa shape index (κ3) is 4.98. The quantitative estimate of drug-likeness (QED) is 0.875. The number of urea groups is 1. The fourth-order valence-corrected chi connectivity index (χ4v) is 1.78. The number of carbonyl (C=O) groups excluding carboxylic acids is 1. The molecule has 21 heavy (non-hydrogen) atoms. The first-order valence-corrected chi connectivity index (χ1v) is 6.78. The van der Waals surface area contributed by atoms with E-state index in [0.29, 0.717) is 18.0 Å². The summed E-state index contributed by atoms with van der Waals surface area (Å²) in [6, 6.07) is 6.57. The van der Waals surface area contributed by atoms with Crippen molar-refractivity contribution in [3.63, 3.8) is 0 Å². The minimum atomic E-state index is -1.06. The number of rotatable bonds is 5.